The van der Waals surface area contributed by atoms with Gasteiger partial charge in [-0.2, -0.15) is 0 Å². The van der Waals surface area contributed by atoms with Crippen molar-refractivity contribution >= 4 is 23.0 Å². The maximum atomic E-state index is 12.0. The van der Waals surface area contributed by atoms with E-state index in [2.05, 4.69) is 20.3 Å². The standard InChI is InChI=1S/C17H16N4O2/c1-11(13-5-6-14-15(9-13)21-17(23)20-14)19-16(22)7-4-12-3-2-8-18-10-12/h2-11H,1H3,(H,19,22)(H2,20,21,23)/b7-4-/t11-/m0/s1. The van der Waals surface area contributed by atoms with Crippen molar-refractivity contribution in [1.82, 2.24) is 20.3 Å². The number of carbonyl (C=O) groups excluding carboxylic acids is 1. The average Bonchev–Trinajstić information content (AvgIpc) is 2.93. The summed E-state index contributed by atoms with van der Waals surface area (Å²) in [6.07, 6.45) is 6.55. The molecule has 0 aliphatic rings. The number of amides is 1. The molecule has 0 saturated heterocycles. The van der Waals surface area contributed by atoms with Crippen molar-refractivity contribution in [2.45, 2.75) is 13.0 Å². The van der Waals surface area contributed by atoms with Crippen LogP contribution < -0.4 is 11.0 Å². The Hall–Kier alpha value is -3.15. The summed E-state index contributed by atoms with van der Waals surface area (Å²) in [4.78, 5) is 32.6. The van der Waals surface area contributed by atoms with Gasteiger partial charge in [-0.1, -0.05) is 12.1 Å². The number of nitrogens with zero attached hydrogens (tertiary/aromatic N) is 1. The smallest absolute Gasteiger partial charge is 0.323 e. The molecule has 6 nitrogen and oxygen atoms in total. The maximum Gasteiger partial charge on any atom is 0.323 e. The van der Waals surface area contributed by atoms with Crippen LogP contribution in [0.1, 0.15) is 24.1 Å². The number of hydrogen-bond donors (Lipinski definition) is 3. The van der Waals surface area contributed by atoms with Gasteiger partial charge in [0.05, 0.1) is 17.1 Å². The number of pyridine rings is 1. The molecule has 0 aliphatic heterocycles. The maximum absolute atomic E-state index is 12.0. The first-order valence-electron chi connectivity index (χ1n) is 7.22. The van der Waals surface area contributed by atoms with Gasteiger partial charge in [-0.05, 0) is 42.3 Å². The highest BCUT2D eigenvalue weighted by Gasteiger charge is 2.09. The van der Waals surface area contributed by atoms with Gasteiger partial charge >= 0.3 is 5.69 Å². The zero-order valence-corrected chi connectivity index (χ0v) is 12.5. The number of hydrogen-bond acceptors (Lipinski definition) is 3. The third kappa shape index (κ3) is 3.55. The first kappa shape index (κ1) is 14.8. The minimum Gasteiger partial charge on any atom is -0.346 e. The molecule has 116 valence electrons. The fraction of sp³-hybridized carbons (Fsp3) is 0.118. The van der Waals surface area contributed by atoms with Gasteiger partial charge in [0.15, 0.2) is 0 Å². The van der Waals surface area contributed by atoms with Crippen molar-refractivity contribution < 1.29 is 4.79 Å². The summed E-state index contributed by atoms with van der Waals surface area (Å²) in [5, 5.41) is 2.89. The van der Waals surface area contributed by atoms with Crippen LogP contribution in [0.5, 0.6) is 0 Å². The lowest BCUT2D eigenvalue weighted by molar-refractivity contribution is -0.117. The summed E-state index contributed by atoms with van der Waals surface area (Å²) in [5.74, 6) is -0.191. The van der Waals surface area contributed by atoms with E-state index < -0.39 is 0 Å². The highest BCUT2D eigenvalue weighted by molar-refractivity contribution is 5.92. The molecule has 0 saturated carbocycles. The molecule has 0 spiro atoms. The lowest BCUT2D eigenvalue weighted by Crippen LogP contribution is -2.24. The summed E-state index contributed by atoms with van der Waals surface area (Å²) in [7, 11) is 0. The monoisotopic (exact) mass is 308 g/mol. The fourth-order valence-corrected chi connectivity index (χ4v) is 2.31. The number of fused-ring (bicyclic) bond motifs is 1. The Morgan fingerprint density at radius 3 is 2.87 bits per heavy atom. The number of aromatic amines is 2. The van der Waals surface area contributed by atoms with E-state index >= 15 is 0 Å². The minimum absolute atomic E-state index is 0.177. The van der Waals surface area contributed by atoms with Crippen LogP contribution in [0.25, 0.3) is 17.1 Å². The zero-order chi connectivity index (χ0) is 16.2. The van der Waals surface area contributed by atoms with Gasteiger partial charge in [-0.25, -0.2) is 4.79 Å². The van der Waals surface area contributed by atoms with Gasteiger partial charge in [0, 0.05) is 18.5 Å². The van der Waals surface area contributed by atoms with Gasteiger partial charge in [-0.15, -0.1) is 0 Å². The van der Waals surface area contributed by atoms with Crippen molar-refractivity contribution in [1.29, 1.82) is 0 Å². The Kier molecular flexibility index (Phi) is 4.05. The summed E-state index contributed by atoms with van der Waals surface area (Å²) < 4.78 is 0. The van der Waals surface area contributed by atoms with Crippen LogP contribution >= 0.6 is 0 Å². The molecule has 0 aliphatic carbocycles. The predicted molar refractivity (Wildman–Crippen MR) is 88.7 cm³/mol. The van der Waals surface area contributed by atoms with E-state index in [0.29, 0.717) is 0 Å². The highest BCUT2D eigenvalue weighted by atomic mass is 16.1. The molecule has 3 aromatic rings. The molecule has 1 atom stereocenters. The van der Waals surface area contributed by atoms with Crippen molar-refractivity contribution in [3.8, 4) is 0 Å². The summed E-state index contributed by atoms with van der Waals surface area (Å²) in [6, 6.07) is 9.05. The van der Waals surface area contributed by atoms with Crippen molar-refractivity contribution in [3.63, 3.8) is 0 Å². The van der Waals surface area contributed by atoms with Crippen LogP contribution in [0, 0.1) is 0 Å². The Labute approximate surface area is 132 Å². The molecular weight excluding hydrogens is 292 g/mol. The molecule has 2 heterocycles. The summed E-state index contributed by atoms with van der Waals surface area (Å²) >= 11 is 0. The zero-order valence-electron chi connectivity index (χ0n) is 12.5. The Bertz CT molecular complexity index is 909. The Balaban J connectivity index is 1.69. The second kappa shape index (κ2) is 6.31. The molecule has 3 N–H and O–H groups in total. The molecule has 3 rings (SSSR count). The lowest BCUT2D eigenvalue weighted by atomic mass is 10.1. The van der Waals surface area contributed by atoms with Crippen molar-refractivity contribution in [2.75, 3.05) is 0 Å². The van der Waals surface area contributed by atoms with Gasteiger partial charge in [-0.3, -0.25) is 9.78 Å². The van der Waals surface area contributed by atoms with Crippen molar-refractivity contribution in [2.24, 2.45) is 0 Å². The number of carbonyl (C=O) groups is 1. The molecule has 1 aromatic carbocycles. The van der Waals surface area contributed by atoms with E-state index in [1.165, 1.54) is 6.08 Å². The first-order valence-corrected chi connectivity index (χ1v) is 7.22. The minimum atomic E-state index is -0.242. The number of aromatic nitrogens is 3. The van der Waals surface area contributed by atoms with Crippen LogP contribution in [0.3, 0.4) is 0 Å². The van der Waals surface area contributed by atoms with E-state index in [-0.39, 0.29) is 17.6 Å². The van der Waals surface area contributed by atoms with Crippen LogP contribution in [-0.4, -0.2) is 20.9 Å². The largest absolute Gasteiger partial charge is 0.346 e. The number of imidazole rings is 1. The molecule has 1 amide bonds. The van der Waals surface area contributed by atoms with Gasteiger partial charge in [0.2, 0.25) is 5.91 Å². The molecule has 0 fully saturated rings. The number of nitrogens with one attached hydrogen (secondary N) is 3. The molecule has 2 aromatic heterocycles. The van der Waals surface area contributed by atoms with Crippen LogP contribution in [0.2, 0.25) is 0 Å². The van der Waals surface area contributed by atoms with Crippen LogP contribution in [-0.2, 0) is 4.79 Å². The molecule has 0 bridgehead atoms. The quantitative estimate of drug-likeness (QED) is 0.645. The third-order valence-corrected chi connectivity index (χ3v) is 3.51. The molecule has 23 heavy (non-hydrogen) atoms. The van der Waals surface area contributed by atoms with E-state index in [9.17, 15) is 9.59 Å². The Morgan fingerprint density at radius 2 is 2.09 bits per heavy atom. The van der Waals surface area contributed by atoms with Crippen molar-refractivity contribution in [3.05, 3.63) is 70.4 Å². The summed E-state index contributed by atoms with van der Waals surface area (Å²) in [5.41, 5.74) is 3.00. The molecule has 0 radical (unpaired) electrons. The normalized spacial score (nSPS) is 12.6. The second-order valence-corrected chi connectivity index (χ2v) is 5.23. The predicted octanol–water partition coefficient (Wildman–Crippen LogP) is 2.14. The highest BCUT2D eigenvalue weighted by Crippen LogP contribution is 2.17. The van der Waals surface area contributed by atoms with Crippen LogP contribution in [0.15, 0.2) is 53.6 Å². The van der Waals surface area contributed by atoms with E-state index in [1.54, 1.807) is 18.5 Å². The summed E-state index contributed by atoms with van der Waals surface area (Å²) in [6.45, 7) is 1.89. The third-order valence-electron chi connectivity index (χ3n) is 3.51. The van der Waals surface area contributed by atoms with Gasteiger partial charge in [0.25, 0.3) is 0 Å². The Morgan fingerprint density at radius 1 is 1.26 bits per heavy atom. The van der Waals surface area contributed by atoms with Gasteiger partial charge in [0.1, 0.15) is 0 Å². The van der Waals surface area contributed by atoms with Crippen LogP contribution in [0.4, 0.5) is 0 Å². The molecule has 6 heteroatoms. The van der Waals surface area contributed by atoms with E-state index in [1.807, 2.05) is 37.3 Å². The van der Waals surface area contributed by atoms with E-state index in [0.717, 1.165) is 22.2 Å². The second-order valence-electron chi connectivity index (χ2n) is 5.23. The molecule has 0 unspecified atom stereocenters. The number of rotatable bonds is 4. The molecular formula is C17H16N4O2. The SMILES string of the molecule is C[C@H](NC(=O)/C=C\c1cccnc1)c1ccc2[nH]c(=O)[nH]c2c1. The van der Waals surface area contributed by atoms with Gasteiger partial charge < -0.3 is 15.3 Å². The number of benzene rings is 1. The first-order chi connectivity index (χ1) is 11.1. The topological polar surface area (TPSA) is 90.6 Å². The van der Waals surface area contributed by atoms with E-state index in [4.69, 9.17) is 0 Å². The fourth-order valence-electron chi connectivity index (χ4n) is 2.31. The number of H-pyrrole nitrogens is 2. The average molecular weight is 308 g/mol. The lowest BCUT2D eigenvalue weighted by Gasteiger charge is -2.12.